The van der Waals surface area contributed by atoms with Gasteiger partial charge in [0.25, 0.3) is 0 Å². The molecule has 0 bridgehead atoms. The average Bonchev–Trinajstić information content (AvgIpc) is 2.83. The summed E-state index contributed by atoms with van der Waals surface area (Å²) < 4.78 is 0. The number of thiazole rings is 1. The van der Waals surface area contributed by atoms with Gasteiger partial charge in [-0.25, -0.2) is 4.98 Å². The van der Waals surface area contributed by atoms with Crippen molar-refractivity contribution in [2.24, 2.45) is 0 Å². The molecule has 0 saturated heterocycles. The van der Waals surface area contributed by atoms with Crippen LogP contribution in [0.3, 0.4) is 0 Å². The zero-order chi connectivity index (χ0) is 10.8. The zero-order valence-electron chi connectivity index (χ0n) is 9.07. The van der Waals surface area contributed by atoms with Crippen molar-refractivity contribution in [2.75, 3.05) is 6.54 Å². The molecule has 1 aliphatic rings. The largest absolute Gasteiger partial charge is 0.367 e. The Morgan fingerprint density at radius 2 is 2.44 bits per heavy atom. The lowest BCUT2D eigenvalue weighted by molar-refractivity contribution is 0.680. The van der Waals surface area contributed by atoms with Gasteiger partial charge < -0.3 is 10.3 Å². The van der Waals surface area contributed by atoms with E-state index in [1.807, 2.05) is 12.4 Å². The highest BCUT2D eigenvalue weighted by molar-refractivity contribution is 7.09. The van der Waals surface area contributed by atoms with E-state index in [-0.39, 0.29) is 0 Å². The Morgan fingerprint density at radius 1 is 1.50 bits per heavy atom. The molecule has 0 spiro atoms. The maximum atomic E-state index is 4.63. The SMILES string of the molecule is c1cc(-c2csc(CCNC3CC3)n2)c[nH]1. The summed E-state index contributed by atoms with van der Waals surface area (Å²) in [5.74, 6) is 0. The molecule has 0 atom stereocenters. The van der Waals surface area contributed by atoms with Gasteiger partial charge in [-0.3, -0.25) is 0 Å². The first-order valence-corrected chi connectivity index (χ1v) is 6.61. The van der Waals surface area contributed by atoms with Crippen LogP contribution < -0.4 is 5.32 Å². The summed E-state index contributed by atoms with van der Waals surface area (Å²) in [5, 5.41) is 6.87. The number of hydrogen-bond donors (Lipinski definition) is 2. The van der Waals surface area contributed by atoms with Crippen molar-refractivity contribution < 1.29 is 0 Å². The minimum absolute atomic E-state index is 0.795. The predicted molar refractivity (Wildman–Crippen MR) is 66.6 cm³/mol. The van der Waals surface area contributed by atoms with Crippen LogP contribution in [0.2, 0.25) is 0 Å². The van der Waals surface area contributed by atoms with Crippen molar-refractivity contribution in [1.29, 1.82) is 0 Å². The average molecular weight is 233 g/mol. The zero-order valence-corrected chi connectivity index (χ0v) is 9.89. The second kappa shape index (κ2) is 4.39. The van der Waals surface area contributed by atoms with Crippen molar-refractivity contribution in [2.45, 2.75) is 25.3 Å². The van der Waals surface area contributed by atoms with Crippen LogP contribution in [-0.4, -0.2) is 22.6 Å². The van der Waals surface area contributed by atoms with Crippen molar-refractivity contribution in [3.63, 3.8) is 0 Å². The Labute approximate surface area is 98.9 Å². The summed E-state index contributed by atoms with van der Waals surface area (Å²) in [4.78, 5) is 7.68. The molecule has 2 aromatic heterocycles. The molecule has 0 amide bonds. The summed E-state index contributed by atoms with van der Waals surface area (Å²) in [7, 11) is 0. The summed E-state index contributed by atoms with van der Waals surface area (Å²) >= 11 is 1.75. The van der Waals surface area contributed by atoms with E-state index in [1.165, 1.54) is 23.4 Å². The van der Waals surface area contributed by atoms with E-state index in [0.717, 1.165) is 24.7 Å². The number of nitrogens with one attached hydrogen (secondary N) is 2. The normalized spacial score (nSPS) is 15.5. The number of hydrogen-bond acceptors (Lipinski definition) is 3. The van der Waals surface area contributed by atoms with Gasteiger partial charge in [-0.05, 0) is 18.9 Å². The maximum Gasteiger partial charge on any atom is 0.0945 e. The Kier molecular flexibility index (Phi) is 2.76. The van der Waals surface area contributed by atoms with Crippen molar-refractivity contribution in [3.05, 3.63) is 28.8 Å². The van der Waals surface area contributed by atoms with E-state index in [0.29, 0.717) is 0 Å². The molecule has 0 unspecified atom stereocenters. The molecule has 1 saturated carbocycles. The lowest BCUT2D eigenvalue weighted by Gasteiger charge is -1.98. The molecular weight excluding hydrogens is 218 g/mol. The molecule has 0 radical (unpaired) electrons. The molecule has 16 heavy (non-hydrogen) atoms. The van der Waals surface area contributed by atoms with Gasteiger partial charge in [0.15, 0.2) is 0 Å². The molecule has 4 heteroatoms. The first kappa shape index (κ1) is 10.1. The minimum Gasteiger partial charge on any atom is -0.367 e. The lowest BCUT2D eigenvalue weighted by Crippen LogP contribution is -2.19. The van der Waals surface area contributed by atoms with Crippen LogP contribution in [0, 0.1) is 0 Å². The second-order valence-electron chi connectivity index (χ2n) is 4.20. The minimum atomic E-state index is 0.795. The molecule has 2 heterocycles. The molecule has 3 rings (SSSR count). The standard InChI is InChI=1S/C12H15N3S/c1-2-10(1)14-6-4-12-15-11(8-16-12)9-3-5-13-7-9/h3,5,7-8,10,13-14H,1-2,4,6H2. The molecule has 0 aromatic carbocycles. The van der Waals surface area contributed by atoms with E-state index >= 15 is 0 Å². The first-order valence-electron chi connectivity index (χ1n) is 5.73. The van der Waals surface area contributed by atoms with Gasteiger partial charge in [-0.2, -0.15) is 0 Å². The quantitative estimate of drug-likeness (QED) is 0.832. The highest BCUT2D eigenvalue weighted by Crippen LogP contribution is 2.22. The van der Waals surface area contributed by atoms with E-state index in [9.17, 15) is 0 Å². The number of nitrogens with zero attached hydrogens (tertiary/aromatic N) is 1. The first-order chi connectivity index (χ1) is 7.92. The molecular formula is C12H15N3S. The summed E-state index contributed by atoms with van der Waals surface area (Å²) in [6, 6.07) is 2.85. The summed E-state index contributed by atoms with van der Waals surface area (Å²) in [5.41, 5.74) is 2.27. The Morgan fingerprint density at radius 3 is 3.19 bits per heavy atom. The van der Waals surface area contributed by atoms with E-state index < -0.39 is 0 Å². The predicted octanol–water partition coefficient (Wildman–Crippen LogP) is 2.43. The molecule has 1 fully saturated rings. The van der Waals surface area contributed by atoms with Crippen molar-refractivity contribution >= 4 is 11.3 Å². The van der Waals surface area contributed by atoms with Crippen LogP contribution in [0.15, 0.2) is 23.8 Å². The van der Waals surface area contributed by atoms with E-state index in [1.54, 1.807) is 11.3 Å². The van der Waals surface area contributed by atoms with Gasteiger partial charge in [0.1, 0.15) is 0 Å². The Bertz CT molecular complexity index is 443. The summed E-state index contributed by atoms with van der Waals surface area (Å²) in [6.07, 6.45) is 7.68. The molecule has 0 aliphatic heterocycles. The molecule has 3 nitrogen and oxygen atoms in total. The second-order valence-corrected chi connectivity index (χ2v) is 5.15. The highest BCUT2D eigenvalue weighted by Gasteiger charge is 2.19. The number of aromatic nitrogens is 2. The van der Waals surface area contributed by atoms with E-state index in [2.05, 4.69) is 26.7 Å². The smallest absolute Gasteiger partial charge is 0.0945 e. The topological polar surface area (TPSA) is 40.7 Å². The Balaban J connectivity index is 1.59. The molecule has 1 aliphatic carbocycles. The van der Waals surface area contributed by atoms with Gasteiger partial charge >= 0.3 is 0 Å². The van der Waals surface area contributed by atoms with Gasteiger partial charge in [-0.1, -0.05) is 0 Å². The van der Waals surface area contributed by atoms with Crippen LogP contribution >= 0.6 is 11.3 Å². The van der Waals surface area contributed by atoms with Crippen LogP contribution in [-0.2, 0) is 6.42 Å². The van der Waals surface area contributed by atoms with Gasteiger partial charge in [0.05, 0.1) is 10.7 Å². The lowest BCUT2D eigenvalue weighted by atomic mass is 10.3. The van der Waals surface area contributed by atoms with E-state index in [4.69, 9.17) is 0 Å². The third-order valence-corrected chi connectivity index (χ3v) is 3.70. The number of aromatic amines is 1. The third-order valence-electron chi connectivity index (χ3n) is 2.79. The van der Waals surface area contributed by atoms with Gasteiger partial charge in [-0.15, -0.1) is 11.3 Å². The molecule has 2 N–H and O–H groups in total. The highest BCUT2D eigenvalue weighted by atomic mass is 32.1. The fraction of sp³-hybridized carbons (Fsp3) is 0.417. The van der Waals surface area contributed by atoms with Crippen LogP contribution in [0.25, 0.3) is 11.3 Å². The number of H-pyrrole nitrogens is 1. The van der Waals surface area contributed by atoms with Crippen LogP contribution in [0.1, 0.15) is 17.8 Å². The Hall–Kier alpha value is -1.13. The number of rotatable bonds is 5. The van der Waals surface area contributed by atoms with Crippen molar-refractivity contribution in [3.8, 4) is 11.3 Å². The fourth-order valence-electron chi connectivity index (χ4n) is 1.71. The molecule has 84 valence electrons. The van der Waals surface area contributed by atoms with Gasteiger partial charge in [0.2, 0.25) is 0 Å². The maximum absolute atomic E-state index is 4.63. The molecule has 2 aromatic rings. The van der Waals surface area contributed by atoms with Crippen molar-refractivity contribution in [1.82, 2.24) is 15.3 Å². The summed E-state index contributed by atoms with van der Waals surface area (Å²) in [6.45, 7) is 1.06. The van der Waals surface area contributed by atoms with Gasteiger partial charge in [0, 0.05) is 42.3 Å². The van der Waals surface area contributed by atoms with Crippen LogP contribution in [0.4, 0.5) is 0 Å². The van der Waals surface area contributed by atoms with Crippen LogP contribution in [0.5, 0.6) is 0 Å². The fourth-order valence-corrected chi connectivity index (χ4v) is 2.52. The monoisotopic (exact) mass is 233 g/mol. The third kappa shape index (κ3) is 2.33.